The second-order valence-corrected chi connectivity index (χ2v) is 8.08. The normalized spacial score (nSPS) is 17.9. The third-order valence-electron chi connectivity index (χ3n) is 5.52. The van der Waals surface area contributed by atoms with Gasteiger partial charge in [0.2, 0.25) is 0 Å². The molecule has 0 spiro atoms. The maximum atomic E-state index is 5.71. The van der Waals surface area contributed by atoms with Gasteiger partial charge in [-0.15, -0.1) is 0 Å². The molecule has 1 fully saturated rings. The van der Waals surface area contributed by atoms with Crippen molar-refractivity contribution in [1.29, 1.82) is 0 Å². The molecular weight excluding hydrogens is 348 g/mol. The van der Waals surface area contributed by atoms with Gasteiger partial charge in [-0.3, -0.25) is 10.00 Å². The molecule has 148 valence electrons. The molecule has 1 unspecified atom stereocenters. The van der Waals surface area contributed by atoms with E-state index in [0.717, 1.165) is 48.3 Å². The number of likely N-dealkylation sites (tertiary alicyclic amines) is 1. The molecule has 5 nitrogen and oxygen atoms in total. The first kappa shape index (κ1) is 19.0. The first-order chi connectivity index (χ1) is 13.7. The largest absolute Gasteiger partial charge is 0.460 e. The Kier molecular flexibility index (Phi) is 5.93. The van der Waals surface area contributed by atoms with Gasteiger partial charge in [-0.05, 0) is 55.5 Å². The van der Waals surface area contributed by atoms with E-state index in [2.05, 4.69) is 51.6 Å². The number of nitrogens with one attached hydrogen (secondary N) is 2. The summed E-state index contributed by atoms with van der Waals surface area (Å²) in [5.41, 5.74) is 4.77. The zero-order valence-corrected chi connectivity index (χ0v) is 16.9. The fraction of sp³-hybridized carbons (Fsp3) is 0.435. The van der Waals surface area contributed by atoms with Gasteiger partial charge in [-0.2, -0.15) is 5.10 Å². The number of furan rings is 1. The highest BCUT2D eigenvalue weighted by Crippen LogP contribution is 2.23. The smallest absolute Gasteiger partial charge is 0.152 e. The lowest BCUT2D eigenvalue weighted by Gasteiger charge is -2.30. The van der Waals surface area contributed by atoms with E-state index < -0.39 is 0 Å². The minimum atomic E-state index is 0.749. The van der Waals surface area contributed by atoms with E-state index in [1.165, 1.54) is 37.1 Å². The number of H-pyrrole nitrogens is 1. The van der Waals surface area contributed by atoms with E-state index in [1.807, 2.05) is 25.3 Å². The van der Waals surface area contributed by atoms with E-state index in [4.69, 9.17) is 4.42 Å². The molecule has 5 heteroatoms. The number of nitrogens with zero attached hydrogens (tertiary/aromatic N) is 2. The summed E-state index contributed by atoms with van der Waals surface area (Å²) in [5.74, 6) is 2.57. The molecule has 1 aliphatic rings. The highest BCUT2D eigenvalue weighted by atomic mass is 16.3. The lowest BCUT2D eigenvalue weighted by atomic mass is 9.99. The van der Waals surface area contributed by atoms with E-state index in [0.29, 0.717) is 0 Å². The molecule has 0 amide bonds. The summed E-state index contributed by atoms with van der Waals surface area (Å²) in [4.78, 5) is 2.58. The Hall–Kier alpha value is -2.37. The maximum Gasteiger partial charge on any atom is 0.152 e. The first-order valence-corrected chi connectivity index (χ1v) is 10.3. The molecule has 28 heavy (non-hydrogen) atoms. The summed E-state index contributed by atoms with van der Waals surface area (Å²) >= 11 is 0. The third kappa shape index (κ3) is 4.72. The molecule has 0 bridgehead atoms. The number of hydrogen-bond acceptors (Lipinski definition) is 4. The second-order valence-electron chi connectivity index (χ2n) is 8.08. The molecule has 4 rings (SSSR count). The fourth-order valence-electron chi connectivity index (χ4n) is 4.02. The van der Waals surface area contributed by atoms with Crippen LogP contribution in [0.25, 0.3) is 11.5 Å². The van der Waals surface area contributed by atoms with Gasteiger partial charge in [0.1, 0.15) is 11.5 Å². The van der Waals surface area contributed by atoms with Crippen LogP contribution in [0.4, 0.5) is 0 Å². The van der Waals surface area contributed by atoms with Crippen LogP contribution < -0.4 is 5.32 Å². The van der Waals surface area contributed by atoms with Gasteiger partial charge in [0.15, 0.2) is 5.76 Å². The molecule has 1 aliphatic heterocycles. The van der Waals surface area contributed by atoms with Gasteiger partial charge in [0.05, 0.1) is 6.20 Å². The fourth-order valence-corrected chi connectivity index (χ4v) is 4.02. The van der Waals surface area contributed by atoms with Gasteiger partial charge in [0.25, 0.3) is 0 Å². The number of aromatic amines is 1. The molecule has 3 heterocycles. The summed E-state index contributed by atoms with van der Waals surface area (Å²) in [5, 5.41) is 10.7. The lowest BCUT2D eigenvalue weighted by molar-refractivity contribution is 0.176. The second kappa shape index (κ2) is 8.76. The molecule has 1 atom stereocenters. The van der Waals surface area contributed by atoms with Gasteiger partial charge < -0.3 is 9.73 Å². The minimum Gasteiger partial charge on any atom is -0.460 e. The maximum absolute atomic E-state index is 5.71. The van der Waals surface area contributed by atoms with Crippen molar-refractivity contribution in [2.75, 3.05) is 13.1 Å². The zero-order chi connectivity index (χ0) is 19.3. The molecule has 1 saturated heterocycles. The molecule has 2 N–H and O–H groups in total. The van der Waals surface area contributed by atoms with E-state index in [1.54, 1.807) is 0 Å². The minimum absolute atomic E-state index is 0.749. The summed E-state index contributed by atoms with van der Waals surface area (Å²) in [7, 11) is 0. The highest BCUT2D eigenvalue weighted by Gasteiger charge is 2.16. The highest BCUT2D eigenvalue weighted by molar-refractivity contribution is 5.56. The van der Waals surface area contributed by atoms with Gasteiger partial charge in [0, 0.05) is 31.7 Å². The predicted molar refractivity (Wildman–Crippen MR) is 112 cm³/mol. The number of benzene rings is 1. The first-order valence-electron chi connectivity index (χ1n) is 10.3. The van der Waals surface area contributed by atoms with Gasteiger partial charge in [-0.25, -0.2) is 0 Å². The van der Waals surface area contributed by atoms with E-state index in [9.17, 15) is 0 Å². The van der Waals surface area contributed by atoms with Crippen molar-refractivity contribution in [2.45, 2.75) is 46.3 Å². The van der Waals surface area contributed by atoms with Crippen LogP contribution in [-0.4, -0.2) is 28.2 Å². The summed E-state index contributed by atoms with van der Waals surface area (Å²) in [6.45, 7) is 9.43. The summed E-state index contributed by atoms with van der Waals surface area (Å²) in [6.07, 6.45) is 4.57. The standard InChI is InChI=1S/C23H30N4O/c1-17-4-3-11-27(15-17)16-20-8-6-19(7-9-20)12-24-13-21-14-25-26-23(21)22-10-5-18(2)28-22/h5-10,14,17,24H,3-4,11-13,15-16H2,1-2H3,(H,25,26). The van der Waals surface area contributed by atoms with Crippen molar-refractivity contribution in [3.63, 3.8) is 0 Å². The molecule has 2 aromatic heterocycles. The monoisotopic (exact) mass is 378 g/mol. The van der Waals surface area contributed by atoms with Crippen molar-refractivity contribution in [3.8, 4) is 11.5 Å². The van der Waals surface area contributed by atoms with Gasteiger partial charge >= 0.3 is 0 Å². The Morgan fingerprint density at radius 3 is 2.71 bits per heavy atom. The van der Waals surface area contributed by atoms with Crippen LogP contribution in [0.2, 0.25) is 0 Å². The van der Waals surface area contributed by atoms with Crippen molar-refractivity contribution in [3.05, 3.63) is 65.0 Å². The summed E-state index contributed by atoms with van der Waals surface area (Å²) < 4.78 is 5.71. The van der Waals surface area contributed by atoms with Crippen LogP contribution in [0.5, 0.6) is 0 Å². The molecule has 3 aromatic rings. The molecule has 0 radical (unpaired) electrons. The Labute approximate surface area is 167 Å². The van der Waals surface area contributed by atoms with Crippen molar-refractivity contribution in [1.82, 2.24) is 20.4 Å². The molecule has 0 saturated carbocycles. The number of hydrogen-bond donors (Lipinski definition) is 2. The topological polar surface area (TPSA) is 57.1 Å². The van der Waals surface area contributed by atoms with Crippen molar-refractivity contribution < 1.29 is 4.42 Å². The van der Waals surface area contributed by atoms with Crippen LogP contribution in [-0.2, 0) is 19.6 Å². The lowest BCUT2D eigenvalue weighted by Crippen LogP contribution is -2.33. The van der Waals surface area contributed by atoms with Crippen LogP contribution in [0.3, 0.4) is 0 Å². The van der Waals surface area contributed by atoms with Crippen molar-refractivity contribution >= 4 is 0 Å². The quantitative estimate of drug-likeness (QED) is 0.636. The van der Waals surface area contributed by atoms with Gasteiger partial charge in [-0.1, -0.05) is 31.2 Å². The number of piperidine rings is 1. The van der Waals surface area contributed by atoms with Crippen LogP contribution in [0.15, 0.2) is 47.0 Å². The van der Waals surface area contributed by atoms with E-state index >= 15 is 0 Å². The molecule has 1 aromatic carbocycles. The molecule has 0 aliphatic carbocycles. The van der Waals surface area contributed by atoms with Crippen LogP contribution >= 0.6 is 0 Å². The Morgan fingerprint density at radius 2 is 1.96 bits per heavy atom. The van der Waals surface area contributed by atoms with E-state index in [-0.39, 0.29) is 0 Å². The molecular formula is C23H30N4O. The van der Waals surface area contributed by atoms with Crippen molar-refractivity contribution in [2.24, 2.45) is 5.92 Å². The number of aromatic nitrogens is 2. The average Bonchev–Trinajstić information content (AvgIpc) is 3.32. The SMILES string of the molecule is Cc1ccc(-c2[nH]ncc2CNCc2ccc(CN3CCCC(C)C3)cc2)o1. The van der Waals surface area contributed by atoms with Crippen LogP contribution in [0.1, 0.15) is 42.2 Å². The van der Waals surface area contributed by atoms with Crippen LogP contribution in [0, 0.1) is 12.8 Å². The Morgan fingerprint density at radius 1 is 1.14 bits per heavy atom. The average molecular weight is 379 g/mol. The zero-order valence-electron chi connectivity index (χ0n) is 16.9. The number of rotatable bonds is 7. The predicted octanol–water partition coefficient (Wildman–Crippen LogP) is 4.50. The summed E-state index contributed by atoms with van der Waals surface area (Å²) in [6, 6.07) is 13.0. The Balaban J connectivity index is 1.28. The number of aryl methyl sites for hydroxylation is 1. The Bertz CT molecular complexity index is 880. The third-order valence-corrected chi connectivity index (χ3v) is 5.52.